The van der Waals surface area contributed by atoms with Crippen LogP contribution in [0.3, 0.4) is 0 Å². The maximum absolute atomic E-state index is 12.2. The zero-order chi connectivity index (χ0) is 21.3. The van der Waals surface area contributed by atoms with E-state index in [2.05, 4.69) is 13.8 Å². The third kappa shape index (κ3) is 2.74. The predicted octanol–water partition coefficient (Wildman–Crippen LogP) is 4.84. The number of hydrogen-bond acceptors (Lipinski definition) is 4. The summed E-state index contributed by atoms with van der Waals surface area (Å²) >= 11 is 0. The summed E-state index contributed by atoms with van der Waals surface area (Å²) in [7, 11) is 0. The van der Waals surface area contributed by atoms with Gasteiger partial charge in [0.1, 0.15) is 0 Å². The first kappa shape index (κ1) is 20.7. The highest BCUT2D eigenvalue weighted by Crippen LogP contribution is 2.77. The van der Waals surface area contributed by atoms with E-state index in [1.807, 2.05) is 13.0 Å². The molecule has 0 aliphatic heterocycles. The standard InChI is InChI=1S/C26H38O4/c1-4-13-30-22(28)9-12-26(29)21-15-19(21)23-18-6-5-16-14-17(27)7-10-24(16,2)20(18)8-11-25(23,26)3/h14,18-21,23,29H,4-13,15H2,1-3H3/t18-,19-,20+,21+,23-,24+,25+,26+/m1/s1. The molecule has 0 unspecified atom stereocenters. The van der Waals surface area contributed by atoms with E-state index in [9.17, 15) is 14.7 Å². The minimum atomic E-state index is -0.724. The number of esters is 1. The van der Waals surface area contributed by atoms with E-state index in [4.69, 9.17) is 4.74 Å². The van der Waals surface area contributed by atoms with E-state index in [-0.39, 0.29) is 16.8 Å². The molecule has 0 heterocycles. The van der Waals surface area contributed by atoms with Crippen molar-refractivity contribution in [1.29, 1.82) is 0 Å². The Morgan fingerprint density at radius 1 is 1.17 bits per heavy atom. The molecule has 0 aromatic carbocycles. The van der Waals surface area contributed by atoms with Crippen LogP contribution < -0.4 is 0 Å². The van der Waals surface area contributed by atoms with Crippen molar-refractivity contribution in [3.63, 3.8) is 0 Å². The van der Waals surface area contributed by atoms with Crippen LogP contribution in [0.2, 0.25) is 0 Å². The average molecular weight is 415 g/mol. The number of rotatable bonds is 5. The van der Waals surface area contributed by atoms with Crippen LogP contribution in [0.25, 0.3) is 0 Å². The highest BCUT2D eigenvalue weighted by Gasteiger charge is 2.75. The van der Waals surface area contributed by atoms with Crippen LogP contribution >= 0.6 is 0 Å². The van der Waals surface area contributed by atoms with Crippen LogP contribution in [0.15, 0.2) is 11.6 Å². The van der Waals surface area contributed by atoms with Crippen molar-refractivity contribution in [2.24, 2.45) is 40.4 Å². The van der Waals surface area contributed by atoms with Gasteiger partial charge in [-0.05, 0) is 97.9 Å². The molecule has 30 heavy (non-hydrogen) atoms. The number of hydrogen-bond donors (Lipinski definition) is 1. The highest BCUT2D eigenvalue weighted by molar-refractivity contribution is 5.91. The van der Waals surface area contributed by atoms with Gasteiger partial charge >= 0.3 is 5.97 Å². The van der Waals surface area contributed by atoms with Gasteiger partial charge in [0.2, 0.25) is 0 Å². The molecule has 5 aliphatic rings. The van der Waals surface area contributed by atoms with Gasteiger partial charge in [0.05, 0.1) is 12.2 Å². The molecule has 4 saturated carbocycles. The van der Waals surface area contributed by atoms with Gasteiger partial charge in [-0.25, -0.2) is 0 Å². The molecular formula is C26H38O4. The van der Waals surface area contributed by atoms with Gasteiger partial charge in [-0.2, -0.15) is 0 Å². The van der Waals surface area contributed by atoms with Gasteiger partial charge in [-0.1, -0.05) is 26.3 Å². The second kappa shape index (κ2) is 6.92. The summed E-state index contributed by atoms with van der Waals surface area (Å²) in [4.78, 5) is 24.2. The molecule has 0 radical (unpaired) electrons. The quantitative estimate of drug-likeness (QED) is 0.654. The fourth-order valence-electron chi connectivity index (χ4n) is 8.74. The van der Waals surface area contributed by atoms with Gasteiger partial charge in [-0.15, -0.1) is 0 Å². The summed E-state index contributed by atoms with van der Waals surface area (Å²) in [6.07, 6.45) is 10.9. The van der Waals surface area contributed by atoms with Gasteiger partial charge in [-0.3, -0.25) is 9.59 Å². The maximum atomic E-state index is 12.2. The van der Waals surface area contributed by atoms with Crippen LogP contribution in [0.4, 0.5) is 0 Å². The first-order valence-corrected chi connectivity index (χ1v) is 12.4. The molecule has 166 valence electrons. The van der Waals surface area contributed by atoms with Gasteiger partial charge in [0.15, 0.2) is 5.78 Å². The molecule has 8 atom stereocenters. The second-order valence-electron chi connectivity index (χ2n) is 11.5. The highest BCUT2D eigenvalue weighted by atomic mass is 16.5. The first-order chi connectivity index (χ1) is 14.2. The molecule has 0 saturated heterocycles. The molecule has 5 aliphatic carbocycles. The molecule has 0 aromatic heterocycles. The van der Waals surface area contributed by atoms with E-state index >= 15 is 0 Å². The van der Waals surface area contributed by atoms with Gasteiger partial charge < -0.3 is 9.84 Å². The molecule has 0 bridgehead atoms. The fourth-order valence-corrected chi connectivity index (χ4v) is 8.74. The number of carbonyl (C=O) groups is 2. The molecule has 1 N–H and O–H groups in total. The lowest BCUT2D eigenvalue weighted by Gasteiger charge is -2.60. The third-order valence-corrected chi connectivity index (χ3v) is 10.3. The Morgan fingerprint density at radius 3 is 2.73 bits per heavy atom. The largest absolute Gasteiger partial charge is 0.466 e. The third-order valence-electron chi connectivity index (χ3n) is 10.3. The zero-order valence-corrected chi connectivity index (χ0v) is 18.9. The Morgan fingerprint density at radius 2 is 1.97 bits per heavy atom. The lowest BCUT2D eigenvalue weighted by Crippen LogP contribution is -2.57. The van der Waals surface area contributed by atoms with E-state index in [0.29, 0.717) is 61.2 Å². The van der Waals surface area contributed by atoms with E-state index in [1.165, 1.54) is 5.57 Å². The first-order valence-electron chi connectivity index (χ1n) is 12.4. The minimum Gasteiger partial charge on any atom is -0.466 e. The van der Waals surface area contributed by atoms with Crippen LogP contribution in [-0.2, 0) is 14.3 Å². The normalized spacial score (nSPS) is 48.7. The number of aliphatic hydroxyl groups is 1. The summed E-state index contributed by atoms with van der Waals surface area (Å²) in [5.74, 6) is 3.00. The fraction of sp³-hybridized carbons (Fsp3) is 0.846. The topological polar surface area (TPSA) is 63.6 Å². The lowest BCUT2D eigenvalue weighted by atomic mass is 9.45. The van der Waals surface area contributed by atoms with Crippen LogP contribution in [0.1, 0.15) is 85.0 Å². The molecule has 5 rings (SSSR count). The molecular weight excluding hydrogens is 376 g/mol. The SMILES string of the molecule is CCCOC(=O)CC[C@]1(O)[C@H]2C[C@H]2[C@H]2[C@@H]3CCC4=CC(=O)CC[C@]4(C)[C@H]3CC[C@@]21C. The van der Waals surface area contributed by atoms with Gasteiger partial charge in [0, 0.05) is 12.8 Å². The second-order valence-corrected chi connectivity index (χ2v) is 11.5. The Bertz CT molecular complexity index is 786. The predicted molar refractivity (Wildman–Crippen MR) is 115 cm³/mol. The van der Waals surface area contributed by atoms with E-state index in [0.717, 1.165) is 44.9 Å². The van der Waals surface area contributed by atoms with Gasteiger partial charge in [0.25, 0.3) is 0 Å². The van der Waals surface area contributed by atoms with Crippen LogP contribution in [0.5, 0.6) is 0 Å². The van der Waals surface area contributed by atoms with Crippen molar-refractivity contribution < 1.29 is 19.4 Å². The van der Waals surface area contributed by atoms with E-state index < -0.39 is 5.60 Å². The smallest absolute Gasteiger partial charge is 0.305 e. The van der Waals surface area contributed by atoms with Crippen molar-refractivity contribution in [3.05, 3.63) is 11.6 Å². The molecule has 0 spiro atoms. The summed E-state index contributed by atoms with van der Waals surface area (Å²) in [5, 5.41) is 12.0. The molecule has 0 amide bonds. The van der Waals surface area contributed by atoms with Crippen LogP contribution in [-0.4, -0.2) is 29.1 Å². The summed E-state index contributed by atoms with van der Waals surface area (Å²) in [6.45, 7) is 7.23. The monoisotopic (exact) mass is 414 g/mol. The molecule has 4 heteroatoms. The summed E-state index contributed by atoms with van der Waals surface area (Å²) in [5.41, 5.74) is 0.767. The van der Waals surface area contributed by atoms with Crippen molar-refractivity contribution in [1.82, 2.24) is 0 Å². The lowest BCUT2D eigenvalue weighted by molar-refractivity contribution is -0.160. The Labute approximate surface area is 180 Å². The zero-order valence-electron chi connectivity index (χ0n) is 18.9. The Balaban J connectivity index is 1.38. The number of fused-ring (bicyclic) bond motifs is 7. The minimum absolute atomic E-state index is 0.0884. The van der Waals surface area contributed by atoms with Crippen LogP contribution in [0, 0.1) is 40.4 Å². The van der Waals surface area contributed by atoms with Crippen molar-refractivity contribution in [3.8, 4) is 0 Å². The van der Waals surface area contributed by atoms with E-state index in [1.54, 1.807) is 0 Å². The van der Waals surface area contributed by atoms with Crippen molar-refractivity contribution in [2.45, 2.75) is 90.6 Å². The Hall–Kier alpha value is -1.16. The molecule has 4 nitrogen and oxygen atoms in total. The maximum Gasteiger partial charge on any atom is 0.305 e. The Kier molecular flexibility index (Phi) is 4.78. The van der Waals surface area contributed by atoms with Crippen molar-refractivity contribution in [2.75, 3.05) is 6.61 Å². The average Bonchev–Trinajstić information content (AvgIpc) is 3.48. The number of carbonyl (C=O) groups excluding carboxylic acids is 2. The summed E-state index contributed by atoms with van der Waals surface area (Å²) < 4.78 is 5.30. The molecule has 0 aromatic rings. The number of ether oxygens (including phenoxy) is 1. The molecule has 4 fully saturated rings. The number of ketones is 1. The summed E-state index contributed by atoms with van der Waals surface area (Å²) in [6, 6.07) is 0. The van der Waals surface area contributed by atoms with Crippen molar-refractivity contribution >= 4 is 11.8 Å². The number of allylic oxidation sites excluding steroid dienone is 1.